The van der Waals surface area contributed by atoms with Gasteiger partial charge in [-0.2, -0.15) is 5.10 Å². The summed E-state index contributed by atoms with van der Waals surface area (Å²) in [6.07, 6.45) is 6.17. The van der Waals surface area contributed by atoms with Crippen molar-refractivity contribution in [1.82, 2.24) is 20.0 Å². The van der Waals surface area contributed by atoms with Crippen molar-refractivity contribution in [3.05, 3.63) is 47.3 Å². The maximum Gasteiger partial charge on any atom is 0.274 e. The smallest absolute Gasteiger partial charge is 0.274 e. The Hall–Kier alpha value is -2.67. The number of benzene rings is 1. The fourth-order valence-corrected chi connectivity index (χ4v) is 4.46. The Morgan fingerprint density at radius 3 is 2.76 bits per heavy atom. The molecule has 1 aromatic heterocycles. The van der Waals surface area contributed by atoms with Crippen molar-refractivity contribution >= 4 is 11.8 Å². The van der Waals surface area contributed by atoms with Crippen LogP contribution in [-0.2, 0) is 17.6 Å². The van der Waals surface area contributed by atoms with Crippen LogP contribution in [0.1, 0.15) is 53.8 Å². The molecule has 7 nitrogen and oxygen atoms in total. The fourth-order valence-electron chi connectivity index (χ4n) is 4.46. The first-order valence-corrected chi connectivity index (χ1v) is 10.6. The molecule has 0 saturated carbocycles. The summed E-state index contributed by atoms with van der Waals surface area (Å²) in [7, 11) is 0. The lowest BCUT2D eigenvalue weighted by Crippen LogP contribution is -2.49. The first-order chi connectivity index (χ1) is 14.2. The van der Waals surface area contributed by atoms with Gasteiger partial charge in [0.1, 0.15) is 0 Å². The number of carbonyl (C=O) groups excluding carboxylic acids is 2. The Labute approximate surface area is 171 Å². The van der Waals surface area contributed by atoms with Gasteiger partial charge in [-0.15, -0.1) is 0 Å². The quantitative estimate of drug-likeness (QED) is 0.780. The van der Waals surface area contributed by atoms with Crippen molar-refractivity contribution in [1.29, 1.82) is 0 Å². The molecule has 3 N–H and O–H groups in total. The Kier molecular flexibility index (Phi) is 5.94. The first-order valence-electron chi connectivity index (χ1n) is 10.6. The second-order valence-corrected chi connectivity index (χ2v) is 7.87. The molecular formula is C22H29N5O2. The maximum absolute atomic E-state index is 13.5. The minimum Gasteiger partial charge on any atom is -0.354 e. The van der Waals surface area contributed by atoms with Crippen molar-refractivity contribution in [2.24, 2.45) is 5.73 Å². The van der Waals surface area contributed by atoms with Crippen LogP contribution in [0.15, 0.2) is 30.3 Å². The molecule has 2 amide bonds. The van der Waals surface area contributed by atoms with E-state index in [1.165, 1.54) is 0 Å². The molecule has 1 aliphatic carbocycles. The van der Waals surface area contributed by atoms with Gasteiger partial charge in [-0.25, -0.2) is 4.68 Å². The summed E-state index contributed by atoms with van der Waals surface area (Å²) in [5, 5.41) is 7.69. The van der Waals surface area contributed by atoms with Crippen LogP contribution in [-0.4, -0.2) is 52.2 Å². The van der Waals surface area contributed by atoms with Gasteiger partial charge in [-0.1, -0.05) is 18.2 Å². The predicted octanol–water partition coefficient (Wildman–Crippen LogP) is 1.82. The van der Waals surface area contributed by atoms with E-state index in [0.717, 1.165) is 55.5 Å². The van der Waals surface area contributed by atoms with E-state index in [2.05, 4.69) is 5.32 Å². The molecule has 4 rings (SSSR count). The molecule has 0 bridgehead atoms. The van der Waals surface area contributed by atoms with Crippen molar-refractivity contribution in [2.45, 2.75) is 51.0 Å². The van der Waals surface area contributed by atoms with Crippen molar-refractivity contribution < 1.29 is 9.59 Å². The van der Waals surface area contributed by atoms with E-state index in [4.69, 9.17) is 10.8 Å². The van der Waals surface area contributed by atoms with Gasteiger partial charge in [0.25, 0.3) is 5.91 Å². The third-order valence-corrected chi connectivity index (χ3v) is 5.93. The highest BCUT2D eigenvalue weighted by atomic mass is 16.2. The molecule has 1 aliphatic heterocycles. The molecule has 1 aromatic carbocycles. The number of hydrogen-bond donors (Lipinski definition) is 2. The van der Waals surface area contributed by atoms with E-state index < -0.39 is 0 Å². The molecule has 1 saturated heterocycles. The molecule has 1 atom stereocenters. The lowest BCUT2D eigenvalue weighted by Gasteiger charge is -2.35. The molecule has 2 heterocycles. The Balaban J connectivity index is 1.57. The summed E-state index contributed by atoms with van der Waals surface area (Å²) in [6, 6.07) is 10.0. The fraction of sp³-hybridized carbons (Fsp3) is 0.500. The number of nitrogens with one attached hydrogen (secondary N) is 1. The standard InChI is InChI=1S/C22H29N5O2/c23-13-12-20(28)24-15-17-9-4-5-14-26(17)22(29)21-18-10-6-11-19(18)27(25-21)16-7-2-1-3-8-16/h1-3,7-8,17H,4-6,9-15,23H2,(H,24,28). The number of nitrogens with two attached hydrogens (primary N) is 1. The van der Waals surface area contributed by atoms with Gasteiger partial charge in [0.05, 0.1) is 5.69 Å². The van der Waals surface area contributed by atoms with Gasteiger partial charge in [0.2, 0.25) is 5.91 Å². The molecule has 1 fully saturated rings. The second-order valence-electron chi connectivity index (χ2n) is 7.87. The Morgan fingerprint density at radius 2 is 1.97 bits per heavy atom. The summed E-state index contributed by atoms with van der Waals surface area (Å²) in [6.45, 7) is 1.53. The number of fused-ring (bicyclic) bond motifs is 1. The third kappa shape index (κ3) is 4.05. The van der Waals surface area contributed by atoms with Crippen LogP contribution in [0.4, 0.5) is 0 Å². The lowest BCUT2D eigenvalue weighted by molar-refractivity contribution is -0.121. The molecule has 0 radical (unpaired) electrons. The van der Waals surface area contributed by atoms with Crippen LogP contribution in [0.2, 0.25) is 0 Å². The number of hydrogen-bond acceptors (Lipinski definition) is 4. The van der Waals surface area contributed by atoms with E-state index in [1.54, 1.807) is 0 Å². The number of para-hydroxylation sites is 1. The molecule has 29 heavy (non-hydrogen) atoms. The van der Waals surface area contributed by atoms with E-state index in [0.29, 0.717) is 31.7 Å². The first kappa shape index (κ1) is 19.6. The minimum atomic E-state index is -0.0558. The summed E-state index contributed by atoms with van der Waals surface area (Å²) >= 11 is 0. The zero-order chi connectivity index (χ0) is 20.2. The van der Waals surface area contributed by atoms with Crippen molar-refractivity contribution in [2.75, 3.05) is 19.6 Å². The van der Waals surface area contributed by atoms with Crippen LogP contribution in [0.25, 0.3) is 5.69 Å². The second kappa shape index (κ2) is 8.78. The largest absolute Gasteiger partial charge is 0.354 e. The highest BCUT2D eigenvalue weighted by molar-refractivity contribution is 5.94. The van der Waals surface area contributed by atoms with Gasteiger partial charge in [0.15, 0.2) is 5.69 Å². The van der Waals surface area contributed by atoms with E-state index in [9.17, 15) is 9.59 Å². The molecule has 7 heteroatoms. The average Bonchev–Trinajstić information content (AvgIpc) is 3.36. The number of nitrogens with zero attached hydrogens (tertiary/aromatic N) is 3. The predicted molar refractivity (Wildman–Crippen MR) is 111 cm³/mol. The molecule has 154 valence electrons. The van der Waals surface area contributed by atoms with Crippen LogP contribution in [0.3, 0.4) is 0 Å². The third-order valence-electron chi connectivity index (χ3n) is 5.93. The molecule has 2 aromatic rings. The van der Waals surface area contributed by atoms with Crippen molar-refractivity contribution in [3.8, 4) is 5.69 Å². The minimum absolute atomic E-state index is 0.00407. The summed E-state index contributed by atoms with van der Waals surface area (Å²) in [4.78, 5) is 27.3. The van der Waals surface area contributed by atoms with Crippen molar-refractivity contribution in [3.63, 3.8) is 0 Å². The lowest BCUT2D eigenvalue weighted by atomic mass is 10.0. The maximum atomic E-state index is 13.5. The molecule has 0 spiro atoms. The van der Waals surface area contributed by atoms with Gasteiger partial charge in [-0.05, 0) is 50.7 Å². The zero-order valence-electron chi connectivity index (χ0n) is 16.8. The number of likely N-dealkylation sites (tertiary alicyclic amines) is 1. The number of aromatic nitrogens is 2. The van der Waals surface area contributed by atoms with Gasteiger partial charge in [0, 0.05) is 43.4 Å². The Morgan fingerprint density at radius 1 is 1.14 bits per heavy atom. The monoisotopic (exact) mass is 395 g/mol. The number of carbonyl (C=O) groups is 2. The number of piperidine rings is 1. The SMILES string of the molecule is NCCC(=O)NCC1CCCCN1C(=O)c1nn(-c2ccccc2)c2c1CCC2. The molecular weight excluding hydrogens is 366 g/mol. The van der Waals surface area contributed by atoms with E-state index >= 15 is 0 Å². The zero-order valence-corrected chi connectivity index (χ0v) is 16.8. The highest BCUT2D eigenvalue weighted by Crippen LogP contribution is 2.30. The highest BCUT2D eigenvalue weighted by Gasteiger charge is 2.33. The number of rotatable bonds is 6. The van der Waals surface area contributed by atoms with Gasteiger partial charge < -0.3 is 16.0 Å². The van der Waals surface area contributed by atoms with Gasteiger partial charge in [-0.3, -0.25) is 9.59 Å². The summed E-state index contributed by atoms with van der Waals surface area (Å²) < 4.78 is 1.94. The summed E-state index contributed by atoms with van der Waals surface area (Å²) in [5.41, 5.74) is 9.28. The van der Waals surface area contributed by atoms with Crippen LogP contribution in [0, 0.1) is 0 Å². The van der Waals surface area contributed by atoms with Crippen LogP contribution in [0.5, 0.6) is 0 Å². The number of amides is 2. The van der Waals surface area contributed by atoms with Gasteiger partial charge >= 0.3 is 0 Å². The average molecular weight is 396 g/mol. The normalized spacial score (nSPS) is 18.5. The topological polar surface area (TPSA) is 93.2 Å². The van der Waals surface area contributed by atoms with E-state index in [1.807, 2.05) is 39.9 Å². The molecule has 1 unspecified atom stereocenters. The Bertz CT molecular complexity index is 877. The van der Waals surface area contributed by atoms with Crippen LogP contribution >= 0.6 is 0 Å². The van der Waals surface area contributed by atoms with E-state index in [-0.39, 0.29) is 17.9 Å². The van der Waals surface area contributed by atoms with Crippen LogP contribution < -0.4 is 11.1 Å². The molecule has 2 aliphatic rings. The summed E-state index contributed by atoms with van der Waals surface area (Å²) in [5.74, 6) is -0.0599.